The number of nitrogens with one attached hydrogen (secondary N) is 2. The van der Waals surface area contributed by atoms with Crippen molar-refractivity contribution in [3.63, 3.8) is 0 Å². The number of furan rings is 1. The van der Waals surface area contributed by atoms with E-state index in [-0.39, 0.29) is 0 Å². The van der Waals surface area contributed by atoms with E-state index in [0.717, 1.165) is 44.6 Å². The highest BCUT2D eigenvalue weighted by atomic mass is 16.3. The summed E-state index contributed by atoms with van der Waals surface area (Å²) in [6.45, 7) is 0. The van der Waals surface area contributed by atoms with Crippen molar-refractivity contribution in [3.05, 3.63) is 61.1 Å². The number of pyridine rings is 1. The van der Waals surface area contributed by atoms with Gasteiger partial charge in [-0.15, -0.1) is 0 Å². The molecular weight excluding hydrogens is 350 g/mol. The SMILES string of the molecule is c1ccc2oc(-c3cnc4[nH]cc(-c5ccnc(NC6CC6)n5)c4c3)cc2c1. The Bertz CT molecular complexity index is 1280. The zero-order valence-corrected chi connectivity index (χ0v) is 15.0. The molecule has 1 fully saturated rings. The number of nitrogens with zero attached hydrogens (tertiary/aromatic N) is 3. The minimum absolute atomic E-state index is 0.513. The van der Waals surface area contributed by atoms with Gasteiger partial charge in [-0.05, 0) is 37.1 Å². The molecule has 5 aromatic rings. The van der Waals surface area contributed by atoms with E-state index in [1.807, 2.05) is 48.8 Å². The Morgan fingerprint density at radius 3 is 2.89 bits per heavy atom. The highest BCUT2D eigenvalue weighted by molar-refractivity contribution is 5.95. The standard InChI is InChI=1S/C22H17N5O/c1-2-4-19-13(3-1)10-20(28-19)14-9-16-17(12-25-21(16)24-11-14)18-7-8-23-22(27-18)26-15-5-6-15/h1-4,7-12,15H,5-6H2,(H,24,25)(H,23,26,27). The number of benzene rings is 1. The fraction of sp³-hybridized carbons (Fsp3) is 0.136. The van der Waals surface area contributed by atoms with Crippen molar-refractivity contribution >= 4 is 28.0 Å². The fourth-order valence-electron chi connectivity index (χ4n) is 3.46. The van der Waals surface area contributed by atoms with Gasteiger partial charge in [-0.2, -0.15) is 0 Å². The quantitative estimate of drug-likeness (QED) is 0.467. The highest BCUT2D eigenvalue weighted by Crippen LogP contribution is 2.33. The third-order valence-corrected chi connectivity index (χ3v) is 5.08. The van der Waals surface area contributed by atoms with E-state index in [9.17, 15) is 0 Å². The first-order valence-corrected chi connectivity index (χ1v) is 9.39. The van der Waals surface area contributed by atoms with E-state index in [4.69, 9.17) is 4.42 Å². The smallest absolute Gasteiger partial charge is 0.223 e. The Morgan fingerprint density at radius 2 is 2.00 bits per heavy atom. The number of anilines is 1. The van der Waals surface area contributed by atoms with Crippen molar-refractivity contribution in [3.8, 4) is 22.6 Å². The Balaban J connectivity index is 1.45. The number of fused-ring (bicyclic) bond motifs is 2. The van der Waals surface area contributed by atoms with Crippen molar-refractivity contribution in [2.24, 2.45) is 0 Å². The van der Waals surface area contributed by atoms with Crippen LogP contribution in [-0.4, -0.2) is 26.0 Å². The highest BCUT2D eigenvalue weighted by Gasteiger charge is 2.22. The summed E-state index contributed by atoms with van der Waals surface area (Å²) in [5, 5.41) is 5.45. The summed E-state index contributed by atoms with van der Waals surface area (Å²) < 4.78 is 6.01. The second kappa shape index (κ2) is 5.92. The van der Waals surface area contributed by atoms with Gasteiger partial charge in [0.05, 0.1) is 5.69 Å². The van der Waals surface area contributed by atoms with Crippen molar-refractivity contribution in [1.29, 1.82) is 0 Å². The first-order valence-electron chi connectivity index (χ1n) is 9.39. The van der Waals surface area contributed by atoms with Crippen LogP contribution in [0.25, 0.3) is 44.6 Å². The molecule has 6 heteroatoms. The predicted octanol–water partition coefficient (Wildman–Crippen LogP) is 5.01. The molecule has 2 N–H and O–H groups in total. The number of hydrogen-bond acceptors (Lipinski definition) is 5. The molecule has 0 atom stereocenters. The van der Waals surface area contributed by atoms with E-state index >= 15 is 0 Å². The maximum atomic E-state index is 6.01. The van der Waals surface area contributed by atoms with Crippen LogP contribution in [0.4, 0.5) is 5.95 Å². The topological polar surface area (TPSA) is 79.6 Å². The molecular formula is C22H17N5O. The van der Waals surface area contributed by atoms with Gasteiger partial charge in [0.15, 0.2) is 0 Å². The lowest BCUT2D eigenvalue weighted by Crippen LogP contribution is -2.05. The normalized spacial score (nSPS) is 14.0. The third-order valence-electron chi connectivity index (χ3n) is 5.08. The summed E-state index contributed by atoms with van der Waals surface area (Å²) >= 11 is 0. The summed E-state index contributed by atoms with van der Waals surface area (Å²) in [5.41, 5.74) is 4.51. The van der Waals surface area contributed by atoms with Gasteiger partial charge < -0.3 is 14.7 Å². The number of aromatic nitrogens is 4. The molecule has 4 heterocycles. The van der Waals surface area contributed by atoms with Gasteiger partial charge in [0, 0.05) is 46.5 Å². The van der Waals surface area contributed by atoms with Crippen LogP contribution >= 0.6 is 0 Å². The minimum Gasteiger partial charge on any atom is -0.456 e. The van der Waals surface area contributed by atoms with Gasteiger partial charge in [-0.3, -0.25) is 0 Å². The van der Waals surface area contributed by atoms with Crippen LogP contribution in [0.15, 0.2) is 65.5 Å². The summed E-state index contributed by atoms with van der Waals surface area (Å²) in [4.78, 5) is 16.8. The van der Waals surface area contributed by atoms with Gasteiger partial charge >= 0.3 is 0 Å². The summed E-state index contributed by atoms with van der Waals surface area (Å²) in [5.74, 6) is 1.48. The monoisotopic (exact) mass is 367 g/mol. The van der Waals surface area contributed by atoms with Crippen molar-refractivity contribution in [2.45, 2.75) is 18.9 Å². The number of rotatable bonds is 4. The molecule has 0 amide bonds. The lowest BCUT2D eigenvalue weighted by molar-refractivity contribution is 0.631. The molecule has 136 valence electrons. The molecule has 1 aliphatic rings. The fourth-order valence-corrected chi connectivity index (χ4v) is 3.46. The first kappa shape index (κ1) is 15.4. The average molecular weight is 367 g/mol. The molecule has 0 spiro atoms. The van der Waals surface area contributed by atoms with Gasteiger partial charge in [-0.25, -0.2) is 15.0 Å². The first-order chi connectivity index (χ1) is 13.8. The van der Waals surface area contributed by atoms with E-state index in [2.05, 4.69) is 31.3 Å². The van der Waals surface area contributed by atoms with Crippen molar-refractivity contribution in [1.82, 2.24) is 19.9 Å². The van der Waals surface area contributed by atoms with Crippen LogP contribution in [0.3, 0.4) is 0 Å². The van der Waals surface area contributed by atoms with Gasteiger partial charge in [-0.1, -0.05) is 18.2 Å². The van der Waals surface area contributed by atoms with Crippen LogP contribution < -0.4 is 5.32 Å². The molecule has 0 saturated heterocycles. The Hall–Kier alpha value is -3.67. The van der Waals surface area contributed by atoms with Crippen LogP contribution in [0.2, 0.25) is 0 Å². The Morgan fingerprint density at radius 1 is 1.07 bits per heavy atom. The van der Waals surface area contributed by atoms with Crippen LogP contribution in [0.1, 0.15) is 12.8 Å². The molecule has 1 saturated carbocycles. The number of aromatic amines is 1. The zero-order valence-electron chi connectivity index (χ0n) is 15.0. The van der Waals surface area contributed by atoms with Gasteiger partial charge in [0.2, 0.25) is 5.95 Å². The maximum absolute atomic E-state index is 6.01. The van der Waals surface area contributed by atoms with E-state index in [1.165, 1.54) is 12.8 Å². The molecule has 1 aliphatic carbocycles. The van der Waals surface area contributed by atoms with E-state index in [1.54, 1.807) is 6.20 Å². The molecule has 0 radical (unpaired) electrons. The lowest BCUT2D eigenvalue weighted by atomic mass is 10.1. The lowest BCUT2D eigenvalue weighted by Gasteiger charge is -2.05. The Kier molecular flexibility index (Phi) is 3.25. The van der Waals surface area contributed by atoms with Gasteiger partial charge in [0.1, 0.15) is 17.0 Å². The molecule has 1 aromatic carbocycles. The molecule has 0 bridgehead atoms. The maximum Gasteiger partial charge on any atom is 0.223 e. The number of para-hydroxylation sites is 1. The third kappa shape index (κ3) is 2.62. The summed E-state index contributed by atoms with van der Waals surface area (Å²) in [7, 11) is 0. The van der Waals surface area contributed by atoms with E-state index in [0.29, 0.717) is 12.0 Å². The van der Waals surface area contributed by atoms with Crippen molar-refractivity contribution in [2.75, 3.05) is 5.32 Å². The molecule has 6 nitrogen and oxygen atoms in total. The molecule has 6 rings (SSSR count). The van der Waals surface area contributed by atoms with Crippen LogP contribution in [0, 0.1) is 0 Å². The van der Waals surface area contributed by atoms with Crippen LogP contribution in [0.5, 0.6) is 0 Å². The summed E-state index contributed by atoms with van der Waals surface area (Å²) in [6, 6.07) is 14.6. The summed E-state index contributed by atoms with van der Waals surface area (Å²) in [6.07, 6.45) is 7.95. The van der Waals surface area contributed by atoms with Crippen molar-refractivity contribution < 1.29 is 4.42 Å². The number of H-pyrrole nitrogens is 1. The predicted molar refractivity (Wildman–Crippen MR) is 109 cm³/mol. The second-order valence-corrected chi connectivity index (χ2v) is 7.16. The van der Waals surface area contributed by atoms with Crippen LogP contribution in [-0.2, 0) is 0 Å². The van der Waals surface area contributed by atoms with Gasteiger partial charge in [0.25, 0.3) is 0 Å². The average Bonchev–Trinajstić information content (AvgIpc) is 3.28. The molecule has 0 unspecified atom stereocenters. The van der Waals surface area contributed by atoms with E-state index < -0.39 is 0 Å². The number of hydrogen-bond donors (Lipinski definition) is 2. The Labute approximate surface area is 160 Å². The molecule has 0 aliphatic heterocycles. The molecule has 4 aromatic heterocycles. The largest absolute Gasteiger partial charge is 0.456 e. The minimum atomic E-state index is 0.513. The molecule has 28 heavy (non-hydrogen) atoms. The second-order valence-electron chi connectivity index (χ2n) is 7.16. The zero-order chi connectivity index (χ0) is 18.5.